The first kappa shape index (κ1) is 18.7. The Morgan fingerprint density at radius 3 is 2.62 bits per heavy atom. The number of carboxylic acid groups (broad SMARTS) is 1. The van der Waals surface area contributed by atoms with Crippen LogP contribution in [0.2, 0.25) is 0 Å². The van der Waals surface area contributed by atoms with Gasteiger partial charge in [0.25, 0.3) is 0 Å². The molecule has 0 aromatic carbocycles. The lowest BCUT2D eigenvalue weighted by Gasteiger charge is -2.28. The Morgan fingerprint density at radius 2 is 2.08 bits per heavy atom. The van der Waals surface area contributed by atoms with Crippen LogP contribution >= 0.6 is 23.1 Å². The fraction of sp³-hybridized carbons (Fsp3) is 0.500. The number of Topliss-reactive ketones (excluding diaryl/α,β-unsaturated/α-hetero) is 1. The van der Waals surface area contributed by atoms with Gasteiger partial charge < -0.3 is 10.0 Å². The molecule has 0 bridgehead atoms. The van der Waals surface area contributed by atoms with E-state index < -0.39 is 23.2 Å². The van der Waals surface area contributed by atoms with Gasteiger partial charge in [0.15, 0.2) is 10.9 Å². The molecule has 1 N–H and O–H groups in total. The number of carbonyl (C=O) groups is 4. The number of nitrogens with zero attached hydrogens (tertiary/aromatic N) is 1. The maximum Gasteiger partial charge on any atom is 0.326 e. The molecule has 6 nitrogen and oxygen atoms in total. The molecule has 1 fully saturated rings. The number of ketones is 1. The van der Waals surface area contributed by atoms with Crippen LogP contribution in [0.25, 0.3) is 0 Å². The van der Waals surface area contributed by atoms with Gasteiger partial charge in [-0.2, -0.15) is 0 Å². The number of hydrogen-bond acceptors (Lipinski definition) is 6. The van der Waals surface area contributed by atoms with Gasteiger partial charge in [0.2, 0.25) is 5.91 Å². The molecule has 1 aliphatic heterocycles. The first-order chi connectivity index (χ1) is 11.3. The highest BCUT2D eigenvalue weighted by Crippen LogP contribution is 2.30. The van der Waals surface area contributed by atoms with E-state index in [9.17, 15) is 24.3 Å². The minimum atomic E-state index is -1.03. The van der Waals surface area contributed by atoms with Crippen LogP contribution in [0.3, 0.4) is 0 Å². The van der Waals surface area contributed by atoms with E-state index in [0.29, 0.717) is 24.3 Å². The van der Waals surface area contributed by atoms with E-state index in [2.05, 4.69) is 0 Å². The second-order valence-electron chi connectivity index (χ2n) is 5.69. The van der Waals surface area contributed by atoms with Gasteiger partial charge in [-0.3, -0.25) is 14.4 Å². The zero-order valence-electron chi connectivity index (χ0n) is 13.4. The molecule has 1 amide bonds. The predicted octanol–water partition coefficient (Wildman–Crippen LogP) is 2.29. The molecule has 2 heterocycles. The number of thioether (sulfide) groups is 1. The molecule has 1 aliphatic rings. The molecule has 24 heavy (non-hydrogen) atoms. The second kappa shape index (κ2) is 7.94. The van der Waals surface area contributed by atoms with Gasteiger partial charge in [-0.05, 0) is 24.3 Å². The van der Waals surface area contributed by atoms with Gasteiger partial charge in [-0.25, -0.2) is 4.79 Å². The van der Waals surface area contributed by atoms with Crippen molar-refractivity contribution in [1.29, 1.82) is 0 Å². The largest absolute Gasteiger partial charge is 0.480 e. The molecule has 1 saturated heterocycles. The van der Waals surface area contributed by atoms with E-state index in [1.165, 1.54) is 23.2 Å². The molecule has 0 radical (unpaired) electrons. The van der Waals surface area contributed by atoms with Crippen molar-refractivity contribution in [3.63, 3.8) is 0 Å². The van der Waals surface area contributed by atoms with Crippen LogP contribution in [-0.2, 0) is 14.4 Å². The fourth-order valence-electron chi connectivity index (χ4n) is 2.80. The van der Waals surface area contributed by atoms with Crippen LogP contribution in [0.5, 0.6) is 0 Å². The molecule has 0 aliphatic carbocycles. The van der Waals surface area contributed by atoms with Gasteiger partial charge in [-0.1, -0.05) is 24.8 Å². The van der Waals surface area contributed by atoms with Crippen LogP contribution in [0.1, 0.15) is 36.4 Å². The first-order valence-corrected chi connectivity index (χ1v) is 9.37. The summed E-state index contributed by atoms with van der Waals surface area (Å²) in [6, 6.07) is 2.55. The van der Waals surface area contributed by atoms with Gasteiger partial charge >= 0.3 is 5.97 Å². The number of carboxylic acids is 1. The minimum absolute atomic E-state index is 0.249. The number of thiophene rings is 1. The lowest BCUT2D eigenvalue weighted by molar-refractivity contribution is -0.149. The molecular formula is C16H19NO5S2. The number of carbonyl (C=O) groups excluding carboxylic acids is 3. The lowest BCUT2D eigenvalue weighted by atomic mass is 10.0. The molecule has 1 aromatic rings. The second-order valence-corrected chi connectivity index (χ2v) is 7.95. The Labute approximate surface area is 148 Å². The summed E-state index contributed by atoms with van der Waals surface area (Å²) < 4.78 is 0. The third-order valence-corrected chi connectivity index (χ3v) is 6.07. The van der Waals surface area contributed by atoms with Crippen molar-refractivity contribution in [3.05, 3.63) is 22.4 Å². The Bertz CT molecular complexity index is 643. The van der Waals surface area contributed by atoms with Crippen LogP contribution in [0.4, 0.5) is 0 Å². The summed E-state index contributed by atoms with van der Waals surface area (Å²) >= 11 is 2.09. The van der Waals surface area contributed by atoms with Crippen molar-refractivity contribution in [2.45, 2.75) is 38.0 Å². The molecule has 0 saturated carbocycles. The first-order valence-electron chi connectivity index (χ1n) is 7.61. The lowest BCUT2D eigenvalue weighted by Crippen LogP contribution is -2.46. The van der Waals surface area contributed by atoms with Crippen molar-refractivity contribution in [1.82, 2.24) is 4.90 Å². The number of rotatable bonds is 6. The van der Waals surface area contributed by atoms with E-state index in [1.54, 1.807) is 24.4 Å². The maximum absolute atomic E-state index is 12.7. The number of likely N-dealkylation sites (tertiary alicyclic amines) is 1. The van der Waals surface area contributed by atoms with E-state index >= 15 is 0 Å². The highest BCUT2D eigenvalue weighted by Gasteiger charge is 2.40. The standard InChI is InChI=1S/C16H19NO5S2/c1-9(15(20)17-7-3-5-11(17)16(21)22)14(24-10(2)18)13(19)12-6-4-8-23-12/h4,6,8-9,11,14H,3,5,7H2,1-2H3,(H,21,22)/t9?,11-,14?/m0/s1. The Balaban J connectivity index is 2.22. The third-order valence-electron chi connectivity index (χ3n) is 3.98. The summed E-state index contributed by atoms with van der Waals surface area (Å²) in [6.45, 7) is 3.31. The Kier molecular flexibility index (Phi) is 6.17. The maximum atomic E-state index is 12.7. The summed E-state index contributed by atoms with van der Waals surface area (Å²) in [5, 5.41) is 9.91. The van der Waals surface area contributed by atoms with Crippen LogP contribution in [0.15, 0.2) is 17.5 Å². The molecule has 0 spiro atoms. The molecule has 2 unspecified atom stereocenters. The number of aliphatic carboxylic acids is 1. The third kappa shape index (κ3) is 4.05. The van der Waals surface area contributed by atoms with Gasteiger partial charge in [0.1, 0.15) is 6.04 Å². The zero-order valence-corrected chi connectivity index (χ0v) is 15.1. The average molecular weight is 369 g/mol. The summed E-state index contributed by atoms with van der Waals surface area (Å²) in [4.78, 5) is 50.1. The Morgan fingerprint density at radius 1 is 1.38 bits per heavy atom. The fourth-order valence-corrected chi connectivity index (χ4v) is 4.49. The van der Waals surface area contributed by atoms with Crippen LogP contribution < -0.4 is 0 Å². The van der Waals surface area contributed by atoms with E-state index in [0.717, 1.165) is 11.8 Å². The highest BCUT2D eigenvalue weighted by molar-refractivity contribution is 8.14. The number of amides is 1. The quantitative estimate of drug-likeness (QED) is 0.774. The van der Waals surface area contributed by atoms with Gasteiger partial charge in [0, 0.05) is 13.5 Å². The molecule has 130 valence electrons. The van der Waals surface area contributed by atoms with Crippen molar-refractivity contribution in [2.24, 2.45) is 5.92 Å². The number of hydrogen-bond donors (Lipinski definition) is 1. The van der Waals surface area contributed by atoms with Crippen LogP contribution in [-0.4, -0.2) is 50.6 Å². The smallest absolute Gasteiger partial charge is 0.326 e. The monoisotopic (exact) mass is 369 g/mol. The van der Waals surface area contributed by atoms with Gasteiger partial charge in [0.05, 0.1) is 16.0 Å². The summed E-state index contributed by atoms with van der Waals surface area (Å²) in [5.74, 6) is -2.46. The van der Waals surface area contributed by atoms with Crippen LogP contribution in [0, 0.1) is 5.92 Å². The summed E-state index contributed by atoms with van der Waals surface area (Å²) in [5.41, 5.74) is 0. The van der Waals surface area contributed by atoms with E-state index in [4.69, 9.17) is 0 Å². The van der Waals surface area contributed by atoms with Crippen molar-refractivity contribution < 1.29 is 24.3 Å². The molecular weight excluding hydrogens is 350 g/mol. The normalized spacial score (nSPS) is 19.8. The Hall–Kier alpha value is -1.67. The topological polar surface area (TPSA) is 91.8 Å². The summed E-state index contributed by atoms with van der Waals surface area (Å²) in [6.07, 6.45) is 1.04. The molecule has 1 aromatic heterocycles. The predicted molar refractivity (Wildman–Crippen MR) is 92.2 cm³/mol. The van der Waals surface area contributed by atoms with Crippen molar-refractivity contribution in [3.8, 4) is 0 Å². The van der Waals surface area contributed by atoms with Crippen molar-refractivity contribution in [2.75, 3.05) is 6.54 Å². The highest BCUT2D eigenvalue weighted by atomic mass is 32.2. The van der Waals surface area contributed by atoms with E-state index in [1.807, 2.05) is 0 Å². The van der Waals surface area contributed by atoms with E-state index in [-0.39, 0.29) is 16.8 Å². The van der Waals surface area contributed by atoms with Gasteiger partial charge in [-0.15, -0.1) is 11.3 Å². The summed E-state index contributed by atoms with van der Waals surface area (Å²) in [7, 11) is 0. The molecule has 2 rings (SSSR count). The SMILES string of the molecule is CC(=O)SC(C(=O)c1cccs1)C(C)C(=O)N1CCC[C@H]1C(=O)O. The zero-order chi connectivity index (χ0) is 17.9. The minimum Gasteiger partial charge on any atom is -0.480 e. The average Bonchev–Trinajstić information content (AvgIpc) is 3.20. The van der Waals surface area contributed by atoms with Crippen molar-refractivity contribution >= 4 is 45.9 Å². The molecule has 3 atom stereocenters. The molecule has 8 heteroatoms.